The summed E-state index contributed by atoms with van der Waals surface area (Å²) < 4.78 is 36.4. The van der Waals surface area contributed by atoms with Crippen molar-refractivity contribution in [1.82, 2.24) is 10.2 Å². The lowest BCUT2D eigenvalue weighted by atomic mass is 9.95. The second kappa shape index (κ2) is 5.37. The maximum atomic E-state index is 12.1. The summed E-state index contributed by atoms with van der Waals surface area (Å²) in [4.78, 5) is 2.21. The smallest absolute Gasteiger partial charge is 0.310 e. The second-order valence-electron chi connectivity index (χ2n) is 5.97. The third-order valence-electron chi connectivity index (χ3n) is 4.15. The van der Waals surface area contributed by atoms with Crippen LogP contribution in [0, 0.1) is 5.92 Å². The van der Waals surface area contributed by atoms with E-state index in [1.165, 1.54) is 12.8 Å². The Morgan fingerprint density at radius 2 is 2.06 bits per heavy atom. The number of nitrogens with zero attached hydrogens (tertiary/aromatic N) is 1. The number of hydrogen-bond donors (Lipinski definition) is 1. The molecule has 1 saturated carbocycles. The van der Waals surface area contributed by atoms with E-state index in [2.05, 4.69) is 17.1 Å². The fourth-order valence-corrected chi connectivity index (χ4v) is 2.96. The van der Waals surface area contributed by atoms with E-state index in [9.17, 15) is 13.2 Å². The Hall–Kier alpha value is -0.290. The second-order valence-corrected chi connectivity index (χ2v) is 5.97. The van der Waals surface area contributed by atoms with Gasteiger partial charge in [-0.1, -0.05) is 0 Å². The summed E-state index contributed by atoms with van der Waals surface area (Å²) in [5.74, 6) is 0.723. The van der Waals surface area contributed by atoms with Crippen molar-refractivity contribution in [1.29, 1.82) is 0 Å². The van der Waals surface area contributed by atoms with Crippen molar-refractivity contribution in [2.45, 2.75) is 50.7 Å². The molecule has 0 radical (unpaired) electrons. The van der Waals surface area contributed by atoms with Crippen LogP contribution < -0.4 is 5.32 Å². The predicted molar refractivity (Wildman–Crippen MR) is 65.5 cm³/mol. The molecule has 1 saturated heterocycles. The van der Waals surface area contributed by atoms with E-state index in [-0.39, 0.29) is 12.0 Å². The van der Waals surface area contributed by atoms with Crippen LogP contribution in [0.15, 0.2) is 0 Å². The number of nitrogens with one attached hydrogen (secondary N) is 1. The quantitative estimate of drug-likeness (QED) is 0.840. The zero-order valence-corrected chi connectivity index (χ0v) is 11.0. The highest BCUT2D eigenvalue weighted by atomic mass is 19.4. The van der Waals surface area contributed by atoms with Crippen molar-refractivity contribution >= 4 is 0 Å². The SMILES string of the molecule is CC1(C2CC2)CN(CCCC(F)(F)F)CCCN1. The van der Waals surface area contributed by atoms with Crippen molar-refractivity contribution in [2.75, 3.05) is 26.2 Å². The Morgan fingerprint density at radius 3 is 2.67 bits per heavy atom. The highest BCUT2D eigenvalue weighted by Gasteiger charge is 2.42. The molecular formula is C13H23F3N2. The number of rotatable bonds is 4. The lowest BCUT2D eigenvalue weighted by molar-refractivity contribution is -0.136. The van der Waals surface area contributed by atoms with Crippen molar-refractivity contribution in [2.24, 2.45) is 5.92 Å². The van der Waals surface area contributed by atoms with E-state index in [0.29, 0.717) is 6.54 Å². The van der Waals surface area contributed by atoms with Crippen LogP contribution in [0.2, 0.25) is 0 Å². The van der Waals surface area contributed by atoms with Gasteiger partial charge in [0.1, 0.15) is 0 Å². The summed E-state index contributed by atoms with van der Waals surface area (Å²) in [6.07, 6.45) is -0.876. The molecule has 1 atom stereocenters. The molecule has 106 valence electrons. The van der Waals surface area contributed by atoms with Gasteiger partial charge in [-0.25, -0.2) is 0 Å². The van der Waals surface area contributed by atoms with Gasteiger partial charge in [0, 0.05) is 18.5 Å². The van der Waals surface area contributed by atoms with Gasteiger partial charge < -0.3 is 10.2 Å². The van der Waals surface area contributed by atoms with Crippen LogP contribution in [0.5, 0.6) is 0 Å². The average Bonchev–Trinajstić information content (AvgIpc) is 3.03. The van der Waals surface area contributed by atoms with E-state index >= 15 is 0 Å². The summed E-state index contributed by atoms with van der Waals surface area (Å²) >= 11 is 0. The molecule has 1 unspecified atom stereocenters. The standard InChI is InChI=1S/C13H23F3N2/c1-12(11-4-5-11)10-18(9-3-7-17-12)8-2-6-13(14,15)16/h11,17H,2-10H2,1H3. The topological polar surface area (TPSA) is 15.3 Å². The molecule has 0 amide bonds. The lowest BCUT2D eigenvalue weighted by Crippen LogP contribution is -2.51. The highest BCUT2D eigenvalue weighted by molar-refractivity contribution is 5.00. The lowest BCUT2D eigenvalue weighted by Gasteiger charge is -2.34. The summed E-state index contributed by atoms with van der Waals surface area (Å²) in [5, 5.41) is 3.59. The Morgan fingerprint density at radius 1 is 1.33 bits per heavy atom. The third kappa shape index (κ3) is 4.12. The van der Waals surface area contributed by atoms with Crippen LogP contribution in [0.3, 0.4) is 0 Å². The minimum Gasteiger partial charge on any atom is -0.310 e. The molecular weight excluding hydrogens is 241 g/mol. The van der Waals surface area contributed by atoms with Crippen LogP contribution in [-0.2, 0) is 0 Å². The zero-order valence-electron chi connectivity index (χ0n) is 11.0. The maximum absolute atomic E-state index is 12.1. The molecule has 2 nitrogen and oxygen atoms in total. The number of hydrogen-bond acceptors (Lipinski definition) is 2. The predicted octanol–water partition coefficient (Wildman–Crippen LogP) is 2.79. The summed E-state index contributed by atoms with van der Waals surface area (Å²) in [6, 6.07) is 0. The van der Waals surface area contributed by atoms with Gasteiger partial charge in [0.2, 0.25) is 0 Å². The average molecular weight is 264 g/mol. The summed E-state index contributed by atoms with van der Waals surface area (Å²) in [5.41, 5.74) is 0.120. The van der Waals surface area contributed by atoms with Gasteiger partial charge in [0.15, 0.2) is 0 Å². The van der Waals surface area contributed by atoms with Crippen LogP contribution in [-0.4, -0.2) is 42.8 Å². The summed E-state index contributed by atoms with van der Waals surface area (Å²) in [6.45, 7) is 5.61. The molecule has 5 heteroatoms. The van der Waals surface area contributed by atoms with Gasteiger partial charge in [0.05, 0.1) is 0 Å². The molecule has 1 aliphatic heterocycles. The van der Waals surface area contributed by atoms with Crippen LogP contribution in [0.1, 0.15) is 39.0 Å². The normalized spacial score (nSPS) is 31.3. The molecule has 18 heavy (non-hydrogen) atoms. The van der Waals surface area contributed by atoms with E-state index in [1.54, 1.807) is 0 Å². The Bertz CT molecular complexity index is 276. The Labute approximate surface area is 107 Å². The van der Waals surface area contributed by atoms with Crippen molar-refractivity contribution in [3.8, 4) is 0 Å². The molecule has 0 aromatic carbocycles. The zero-order chi connectivity index (χ0) is 13.2. The van der Waals surface area contributed by atoms with Crippen LogP contribution in [0.4, 0.5) is 13.2 Å². The van der Waals surface area contributed by atoms with Crippen molar-refractivity contribution < 1.29 is 13.2 Å². The van der Waals surface area contributed by atoms with Gasteiger partial charge in [-0.05, 0) is 58.2 Å². The molecule has 0 bridgehead atoms. The first-order chi connectivity index (χ1) is 8.39. The van der Waals surface area contributed by atoms with E-state index in [0.717, 1.165) is 32.0 Å². The molecule has 1 aliphatic carbocycles. The molecule has 0 spiro atoms. The fourth-order valence-electron chi connectivity index (χ4n) is 2.96. The van der Waals surface area contributed by atoms with Crippen molar-refractivity contribution in [3.63, 3.8) is 0 Å². The van der Waals surface area contributed by atoms with Crippen LogP contribution >= 0.6 is 0 Å². The molecule has 2 fully saturated rings. The Balaban J connectivity index is 1.80. The molecule has 0 aromatic rings. The molecule has 1 heterocycles. The largest absolute Gasteiger partial charge is 0.389 e. The number of halogens is 3. The van der Waals surface area contributed by atoms with Crippen LogP contribution in [0.25, 0.3) is 0 Å². The monoisotopic (exact) mass is 264 g/mol. The minimum absolute atomic E-state index is 0.120. The molecule has 0 aromatic heterocycles. The molecule has 1 N–H and O–H groups in total. The van der Waals surface area contributed by atoms with E-state index < -0.39 is 12.6 Å². The first-order valence-electron chi connectivity index (χ1n) is 6.93. The Kier molecular flexibility index (Phi) is 4.22. The highest BCUT2D eigenvalue weighted by Crippen LogP contribution is 2.40. The van der Waals surface area contributed by atoms with Gasteiger partial charge >= 0.3 is 6.18 Å². The van der Waals surface area contributed by atoms with Gasteiger partial charge in [-0.2, -0.15) is 13.2 Å². The fraction of sp³-hybridized carbons (Fsp3) is 1.00. The first kappa shape index (κ1) is 14.1. The minimum atomic E-state index is -4.01. The molecule has 2 rings (SSSR count). The van der Waals surface area contributed by atoms with Gasteiger partial charge in [-0.3, -0.25) is 0 Å². The third-order valence-corrected chi connectivity index (χ3v) is 4.15. The molecule has 2 aliphatic rings. The van der Waals surface area contributed by atoms with Crippen molar-refractivity contribution in [3.05, 3.63) is 0 Å². The summed E-state index contributed by atoms with van der Waals surface area (Å²) in [7, 11) is 0. The van der Waals surface area contributed by atoms with E-state index in [4.69, 9.17) is 0 Å². The van der Waals surface area contributed by atoms with E-state index in [1.807, 2.05) is 0 Å². The van der Waals surface area contributed by atoms with Gasteiger partial charge in [0.25, 0.3) is 0 Å². The van der Waals surface area contributed by atoms with Gasteiger partial charge in [-0.15, -0.1) is 0 Å². The first-order valence-corrected chi connectivity index (χ1v) is 6.93. The maximum Gasteiger partial charge on any atom is 0.389 e. The number of alkyl halides is 3.